The molecule has 0 saturated carbocycles. The Hall–Kier alpha value is -4.28. The largest absolute Gasteiger partial charge is 0.465 e. The first-order chi connectivity index (χ1) is 12.5. The summed E-state index contributed by atoms with van der Waals surface area (Å²) < 4.78 is 10.4. The number of hydrogen-bond acceptors (Lipinski definition) is 7. The number of carbonyl (C=O) groups excluding carboxylic acids is 1. The van der Waals surface area contributed by atoms with Crippen molar-refractivity contribution < 1.29 is 13.9 Å². The number of allylic oxidation sites excluding steroid dienone is 2. The molecular formula is C19H12N4O3. The van der Waals surface area contributed by atoms with Gasteiger partial charge < -0.3 is 14.9 Å². The van der Waals surface area contributed by atoms with Crippen LogP contribution >= 0.6 is 0 Å². The number of carbonyl (C=O) groups is 1. The molecule has 0 bridgehead atoms. The number of nitrogens with two attached hydrogens (primary N) is 1. The van der Waals surface area contributed by atoms with Crippen LogP contribution in [0.3, 0.4) is 0 Å². The SMILES string of the molecule is COC(=O)c1ccccc1-c1ccc(/C=C(\C#N)C(N)=C(C#N)C#N)o1. The molecule has 2 N–H and O–H groups in total. The number of furan rings is 1. The highest BCUT2D eigenvalue weighted by Crippen LogP contribution is 2.27. The van der Waals surface area contributed by atoms with Crippen LogP contribution in [0, 0.1) is 34.0 Å². The van der Waals surface area contributed by atoms with Crippen LogP contribution in [-0.2, 0) is 4.74 Å². The van der Waals surface area contributed by atoms with Crippen LogP contribution in [0.1, 0.15) is 16.1 Å². The normalized spacial score (nSPS) is 10.2. The molecule has 0 fully saturated rings. The lowest BCUT2D eigenvalue weighted by Crippen LogP contribution is -2.03. The Kier molecular flexibility index (Phi) is 5.56. The highest BCUT2D eigenvalue weighted by molar-refractivity contribution is 5.96. The van der Waals surface area contributed by atoms with Crippen LogP contribution in [0.5, 0.6) is 0 Å². The van der Waals surface area contributed by atoms with Gasteiger partial charge in [0, 0.05) is 11.6 Å². The quantitative estimate of drug-likeness (QED) is 0.511. The minimum Gasteiger partial charge on any atom is -0.465 e. The van der Waals surface area contributed by atoms with Crippen molar-refractivity contribution in [1.82, 2.24) is 0 Å². The summed E-state index contributed by atoms with van der Waals surface area (Å²) in [5, 5.41) is 26.9. The second-order valence-corrected chi connectivity index (χ2v) is 4.92. The van der Waals surface area contributed by atoms with Gasteiger partial charge in [-0.25, -0.2) is 4.79 Å². The summed E-state index contributed by atoms with van der Waals surface area (Å²) in [5.74, 6) is 0.152. The van der Waals surface area contributed by atoms with Crippen LogP contribution in [-0.4, -0.2) is 13.1 Å². The number of nitriles is 3. The first-order valence-electron chi connectivity index (χ1n) is 7.25. The molecule has 0 unspecified atom stereocenters. The third kappa shape index (κ3) is 3.62. The van der Waals surface area contributed by atoms with Gasteiger partial charge in [0.25, 0.3) is 0 Å². The van der Waals surface area contributed by atoms with Crippen molar-refractivity contribution >= 4 is 12.0 Å². The summed E-state index contributed by atoms with van der Waals surface area (Å²) in [6.45, 7) is 0. The average molecular weight is 344 g/mol. The molecule has 0 radical (unpaired) electrons. The van der Waals surface area contributed by atoms with Crippen molar-refractivity contribution in [3.63, 3.8) is 0 Å². The molecule has 1 aromatic heterocycles. The van der Waals surface area contributed by atoms with E-state index in [1.54, 1.807) is 48.5 Å². The fourth-order valence-corrected chi connectivity index (χ4v) is 2.15. The highest BCUT2D eigenvalue weighted by Gasteiger charge is 2.15. The van der Waals surface area contributed by atoms with Crippen molar-refractivity contribution in [2.24, 2.45) is 5.73 Å². The zero-order valence-electron chi connectivity index (χ0n) is 13.7. The fourth-order valence-electron chi connectivity index (χ4n) is 2.15. The second kappa shape index (κ2) is 8.01. The number of benzene rings is 1. The zero-order valence-corrected chi connectivity index (χ0v) is 13.7. The summed E-state index contributed by atoms with van der Waals surface area (Å²) >= 11 is 0. The molecule has 1 aromatic carbocycles. The van der Waals surface area contributed by atoms with Crippen molar-refractivity contribution in [3.8, 4) is 29.5 Å². The molecule has 0 atom stereocenters. The van der Waals surface area contributed by atoms with E-state index in [0.29, 0.717) is 16.9 Å². The zero-order chi connectivity index (χ0) is 19.1. The molecule has 1 heterocycles. The van der Waals surface area contributed by atoms with Crippen molar-refractivity contribution in [2.45, 2.75) is 0 Å². The van der Waals surface area contributed by atoms with Crippen LogP contribution in [0.15, 0.2) is 57.7 Å². The van der Waals surface area contributed by atoms with Crippen LogP contribution in [0.4, 0.5) is 0 Å². The third-order valence-corrected chi connectivity index (χ3v) is 3.41. The lowest BCUT2D eigenvalue weighted by atomic mass is 10.1. The number of rotatable bonds is 4. The Morgan fingerprint density at radius 2 is 1.81 bits per heavy atom. The molecule has 126 valence electrons. The molecule has 0 aliphatic heterocycles. The number of ether oxygens (including phenoxy) is 1. The van der Waals surface area contributed by atoms with Gasteiger partial charge in [-0.15, -0.1) is 0 Å². The summed E-state index contributed by atoms with van der Waals surface area (Å²) in [5.41, 5.74) is 5.87. The predicted octanol–water partition coefficient (Wildman–Crippen LogP) is 2.90. The molecule has 2 aromatic rings. The first-order valence-corrected chi connectivity index (χ1v) is 7.25. The number of nitrogens with zero attached hydrogens (tertiary/aromatic N) is 3. The van der Waals surface area contributed by atoms with Gasteiger partial charge in [-0.1, -0.05) is 18.2 Å². The molecule has 0 spiro atoms. The van der Waals surface area contributed by atoms with E-state index in [1.165, 1.54) is 13.2 Å². The van der Waals surface area contributed by atoms with Gasteiger partial charge in [0.2, 0.25) is 0 Å². The highest BCUT2D eigenvalue weighted by atomic mass is 16.5. The Balaban J connectivity index is 2.48. The van der Waals surface area contributed by atoms with Crippen molar-refractivity contribution in [3.05, 3.63) is 64.6 Å². The first kappa shape index (κ1) is 18.1. The van der Waals surface area contributed by atoms with Crippen LogP contribution < -0.4 is 5.73 Å². The van der Waals surface area contributed by atoms with E-state index in [9.17, 15) is 10.1 Å². The smallest absolute Gasteiger partial charge is 0.338 e. The topological polar surface area (TPSA) is 137 Å². The van der Waals surface area contributed by atoms with Gasteiger partial charge in [0.1, 0.15) is 29.7 Å². The van der Waals surface area contributed by atoms with E-state index < -0.39 is 5.97 Å². The molecule has 0 saturated heterocycles. The fraction of sp³-hybridized carbons (Fsp3) is 0.0526. The van der Waals surface area contributed by atoms with E-state index in [2.05, 4.69) is 0 Å². The standard InChI is InChI=1S/C19H12N4O3/c1-25-19(24)16-5-3-2-4-15(16)17-7-6-14(26-17)8-12(9-20)18(23)13(10-21)11-22/h2-8H,23H2,1H3/b12-8+. The Labute approximate surface area is 149 Å². The monoisotopic (exact) mass is 344 g/mol. The number of methoxy groups -OCH3 is 1. The van der Waals surface area contributed by atoms with Gasteiger partial charge in [0.15, 0.2) is 5.57 Å². The molecule has 2 rings (SSSR count). The molecule has 0 amide bonds. The average Bonchev–Trinajstić information content (AvgIpc) is 3.14. The van der Waals surface area contributed by atoms with Crippen LogP contribution in [0.25, 0.3) is 17.4 Å². The summed E-state index contributed by atoms with van der Waals surface area (Å²) in [4.78, 5) is 11.9. The van der Waals surface area contributed by atoms with Crippen molar-refractivity contribution in [1.29, 1.82) is 15.8 Å². The minimum absolute atomic E-state index is 0.0785. The van der Waals surface area contributed by atoms with E-state index >= 15 is 0 Å². The Bertz CT molecular complexity index is 1020. The molecule has 7 heteroatoms. The third-order valence-electron chi connectivity index (χ3n) is 3.41. The van der Waals surface area contributed by atoms with Gasteiger partial charge in [-0.2, -0.15) is 15.8 Å². The van der Waals surface area contributed by atoms with Gasteiger partial charge in [-0.05, 0) is 18.2 Å². The Morgan fingerprint density at radius 1 is 1.12 bits per heavy atom. The molecule has 7 nitrogen and oxygen atoms in total. The van der Waals surface area contributed by atoms with E-state index in [4.69, 9.17) is 25.4 Å². The molecular weight excluding hydrogens is 332 g/mol. The summed E-state index contributed by atoms with van der Waals surface area (Å²) in [7, 11) is 1.28. The lowest BCUT2D eigenvalue weighted by Gasteiger charge is -2.04. The number of esters is 1. The predicted molar refractivity (Wildman–Crippen MR) is 91.5 cm³/mol. The van der Waals surface area contributed by atoms with E-state index in [0.717, 1.165) is 0 Å². The van der Waals surface area contributed by atoms with Gasteiger partial charge in [-0.3, -0.25) is 0 Å². The maximum atomic E-state index is 11.9. The van der Waals surface area contributed by atoms with E-state index in [1.807, 2.05) is 6.07 Å². The lowest BCUT2D eigenvalue weighted by molar-refractivity contribution is 0.0601. The molecule has 0 aliphatic carbocycles. The van der Waals surface area contributed by atoms with Crippen molar-refractivity contribution in [2.75, 3.05) is 7.11 Å². The second-order valence-electron chi connectivity index (χ2n) is 4.92. The molecule has 26 heavy (non-hydrogen) atoms. The maximum absolute atomic E-state index is 11.9. The minimum atomic E-state index is -0.508. The molecule has 0 aliphatic rings. The van der Waals surface area contributed by atoms with Gasteiger partial charge >= 0.3 is 5.97 Å². The number of hydrogen-bond donors (Lipinski definition) is 1. The van der Waals surface area contributed by atoms with Gasteiger partial charge in [0.05, 0.1) is 23.9 Å². The summed E-state index contributed by atoms with van der Waals surface area (Å²) in [6, 6.07) is 15.0. The Morgan fingerprint density at radius 3 is 2.42 bits per heavy atom. The maximum Gasteiger partial charge on any atom is 0.338 e. The summed E-state index contributed by atoms with van der Waals surface area (Å²) in [6.07, 6.45) is 1.31. The van der Waals surface area contributed by atoms with E-state index in [-0.39, 0.29) is 22.6 Å². The van der Waals surface area contributed by atoms with Crippen LogP contribution in [0.2, 0.25) is 0 Å².